The lowest BCUT2D eigenvalue weighted by molar-refractivity contribution is -0.123. The fraction of sp³-hybridized carbons (Fsp3) is 0.263. The number of nitrogens with one attached hydrogen (secondary N) is 2. The van der Waals surface area contributed by atoms with Crippen LogP contribution < -0.4 is 15.4 Å². The van der Waals surface area contributed by atoms with E-state index in [0.29, 0.717) is 28.3 Å². The van der Waals surface area contributed by atoms with Gasteiger partial charge in [-0.2, -0.15) is 11.8 Å². The molecule has 5 nitrogen and oxygen atoms in total. The Bertz CT molecular complexity index is 766. The molecule has 2 aromatic carbocycles. The third-order valence-corrected chi connectivity index (χ3v) is 4.06. The summed E-state index contributed by atoms with van der Waals surface area (Å²) in [4.78, 5) is 23.3. The lowest BCUT2D eigenvalue weighted by atomic mass is 10.1. The minimum atomic E-state index is -0.302. The van der Waals surface area contributed by atoms with Crippen molar-refractivity contribution in [3.63, 3.8) is 0 Å². The van der Waals surface area contributed by atoms with Gasteiger partial charge >= 0.3 is 0 Å². The molecule has 0 aliphatic heterocycles. The molecule has 0 fully saturated rings. The monoisotopic (exact) mass is 376 g/mol. The SMILES string of the molecule is CSCC(=O)Nc1ccc(OCC(=O)NCc2ccc(C)c(F)c2)cc1. The molecular formula is C19H21FN2O3S. The van der Waals surface area contributed by atoms with Gasteiger partial charge in [-0.1, -0.05) is 12.1 Å². The molecule has 0 saturated carbocycles. The quantitative estimate of drug-likeness (QED) is 0.743. The second-order valence-corrected chi connectivity index (χ2v) is 6.52. The van der Waals surface area contributed by atoms with Gasteiger partial charge in [0.1, 0.15) is 11.6 Å². The number of thioether (sulfide) groups is 1. The van der Waals surface area contributed by atoms with Crippen molar-refractivity contribution < 1.29 is 18.7 Å². The van der Waals surface area contributed by atoms with Gasteiger partial charge in [0.25, 0.3) is 5.91 Å². The summed E-state index contributed by atoms with van der Waals surface area (Å²) in [7, 11) is 0. The molecule has 2 N–H and O–H groups in total. The number of rotatable bonds is 8. The second-order valence-electron chi connectivity index (χ2n) is 5.65. The van der Waals surface area contributed by atoms with Crippen LogP contribution in [0, 0.1) is 12.7 Å². The first-order valence-corrected chi connectivity index (χ1v) is 9.40. The van der Waals surface area contributed by atoms with E-state index in [-0.39, 0.29) is 30.8 Å². The molecule has 0 saturated heterocycles. The third kappa shape index (κ3) is 6.40. The van der Waals surface area contributed by atoms with Crippen molar-refractivity contribution in [1.82, 2.24) is 5.32 Å². The zero-order valence-electron chi connectivity index (χ0n) is 14.7. The van der Waals surface area contributed by atoms with E-state index in [1.807, 2.05) is 6.26 Å². The third-order valence-electron chi connectivity index (χ3n) is 3.51. The van der Waals surface area contributed by atoms with Crippen LogP contribution in [0.1, 0.15) is 11.1 Å². The molecule has 0 aliphatic rings. The van der Waals surface area contributed by atoms with Gasteiger partial charge in [0, 0.05) is 12.2 Å². The number of halogens is 1. The van der Waals surface area contributed by atoms with Crippen LogP contribution in [0.3, 0.4) is 0 Å². The van der Waals surface area contributed by atoms with E-state index >= 15 is 0 Å². The Hall–Kier alpha value is -2.54. The molecule has 7 heteroatoms. The molecule has 0 atom stereocenters. The number of amides is 2. The fourth-order valence-corrected chi connectivity index (χ4v) is 2.44. The van der Waals surface area contributed by atoms with E-state index in [9.17, 15) is 14.0 Å². The van der Waals surface area contributed by atoms with Gasteiger partial charge in [-0.3, -0.25) is 9.59 Å². The van der Waals surface area contributed by atoms with E-state index in [0.717, 1.165) is 0 Å². The molecule has 0 radical (unpaired) electrons. The second kappa shape index (κ2) is 9.82. The Morgan fingerprint density at radius 3 is 2.50 bits per heavy atom. The highest BCUT2D eigenvalue weighted by molar-refractivity contribution is 7.99. The van der Waals surface area contributed by atoms with E-state index in [4.69, 9.17) is 4.74 Å². The highest BCUT2D eigenvalue weighted by Gasteiger charge is 2.05. The van der Waals surface area contributed by atoms with Gasteiger partial charge in [-0.15, -0.1) is 0 Å². The highest BCUT2D eigenvalue weighted by atomic mass is 32.2. The van der Waals surface area contributed by atoms with E-state index in [1.54, 1.807) is 43.3 Å². The number of aryl methyl sites for hydroxylation is 1. The van der Waals surface area contributed by atoms with Gasteiger partial charge < -0.3 is 15.4 Å². The first-order chi connectivity index (χ1) is 12.5. The molecule has 2 rings (SSSR count). The standard InChI is InChI=1S/C19H21FN2O3S/c1-13-3-4-14(9-17(13)20)10-21-18(23)11-25-16-7-5-15(6-8-16)22-19(24)12-26-2/h3-9H,10-12H2,1-2H3,(H,21,23)(H,22,24). The van der Waals surface area contributed by atoms with Crippen LogP contribution in [0.5, 0.6) is 5.75 Å². The van der Waals surface area contributed by atoms with Crippen LogP contribution in [0.25, 0.3) is 0 Å². The number of hydrogen-bond donors (Lipinski definition) is 2. The molecule has 138 valence electrons. The largest absolute Gasteiger partial charge is 0.484 e. The normalized spacial score (nSPS) is 10.3. The minimum Gasteiger partial charge on any atom is -0.484 e. The first kappa shape index (κ1) is 19.8. The maximum absolute atomic E-state index is 13.5. The smallest absolute Gasteiger partial charge is 0.258 e. The maximum Gasteiger partial charge on any atom is 0.258 e. The Morgan fingerprint density at radius 2 is 1.85 bits per heavy atom. The van der Waals surface area contributed by atoms with Crippen molar-refractivity contribution in [3.05, 3.63) is 59.4 Å². The summed E-state index contributed by atoms with van der Waals surface area (Å²) in [5, 5.41) is 5.43. The summed E-state index contributed by atoms with van der Waals surface area (Å²) in [5.41, 5.74) is 1.92. The van der Waals surface area contributed by atoms with Crippen molar-refractivity contribution in [2.45, 2.75) is 13.5 Å². The van der Waals surface area contributed by atoms with Crippen LogP contribution in [-0.4, -0.2) is 30.4 Å². The number of anilines is 1. The van der Waals surface area contributed by atoms with E-state index in [2.05, 4.69) is 10.6 Å². The molecule has 0 aliphatic carbocycles. The van der Waals surface area contributed by atoms with Crippen molar-refractivity contribution in [2.24, 2.45) is 0 Å². The molecule has 0 heterocycles. The topological polar surface area (TPSA) is 67.4 Å². The number of carbonyl (C=O) groups excluding carboxylic acids is 2. The zero-order valence-corrected chi connectivity index (χ0v) is 15.5. The molecule has 0 aromatic heterocycles. The number of benzene rings is 2. The van der Waals surface area contributed by atoms with Gasteiger partial charge in [-0.25, -0.2) is 4.39 Å². The number of ether oxygens (including phenoxy) is 1. The summed E-state index contributed by atoms with van der Waals surface area (Å²) in [6.07, 6.45) is 1.86. The van der Waals surface area contributed by atoms with Gasteiger partial charge in [0.15, 0.2) is 6.61 Å². The van der Waals surface area contributed by atoms with Crippen molar-refractivity contribution >= 4 is 29.3 Å². The lowest BCUT2D eigenvalue weighted by Crippen LogP contribution is -2.28. The highest BCUT2D eigenvalue weighted by Crippen LogP contribution is 2.16. The molecular weight excluding hydrogens is 355 g/mol. The minimum absolute atomic E-state index is 0.0712. The maximum atomic E-state index is 13.5. The number of carbonyl (C=O) groups is 2. The average Bonchev–Trinajstić information content (AvgIpc) is 2.62. The zero-order chi connectivity index (χ0) is 18.9. The van der Waals surface area contributed by atoms with Gasteiger partial charge in [0.2, 0.25) is 5.91 Å². The van der Waals surface area contributed by atoms with Crippen molar-refractivity contribution in [3.8, 4) is 5.75 Å². The molecule has 2 amide bonds. The van der Waals surface area contributed by atoms with Crippen LogP contribution in [-0.2, 0) is 16.1 Å². The summed E-state index contributed by atoms with van der Waals surface area (Å²) in [6.45, 7) is 1.78. The molecule has 26 heavy (non-hydrogen) atoms. The van der Waals surface area contributed by atoms with Crippen LogP contribution in [0.4, 0.5) is 10.1 Å². The Kier molecular flexibility index (Phi) is 7.47. The Labute approximate surface area is 156 Å². The van der Waals surface area contributed by atoms with Crippen molar-refractivity contribution in [1.29, 1.82) is 0 Å². The lowest BCUT2D eigenvalue weighted by Gasteiger charge is -2.09. The van der Waals surface area contributed by atoms with E-state index < -0.39 is 0 Å². The van der Waals surface area contributed by atoms with E-state index in [1.165, 1.54) is 17.8 Å². The Balaban J connectivity index is 1.76. The average molecular weight is 376 g/mol. The summed E-state index contributed by atoms with van der Waals surface area (Å²) in [5.74, 6) is 0.243. The van der Waals surface area contributed by atoms with Crippen LogP contribution in [0.2, 0.25) is 0 Å². The molecule has 2 aromatic rings. The van der Waals surface area contributed by atoms with Gasteiger partial charge in [0.05, 0.1) is 5.75 Å². The summed E-state index contributed by atoms with van der Waals surface area (Å²) in [6, 6.07) is 11.6. The molecule has 0 bridgehead atoms. The number of hydrogen-bond acceptors (Lipinski definition) is 4. The summed E-state index contributed by atoms with van der Waals surface area (Å²) >= 11 is 1.45. The predicted molar refractivity (Wildman–Crippen MR) is 102 cm³/mol. The van der Waals surface area contributed by atoms with Crippen molar-refractivity contribution in [2.75, 3.05) is 23.9 Å². The van der Waals surface area contributed by atoms with Gasteiger partial charge in [-0.05, 0) is 54.6 Å². The predicted octanol–water partition coefficient (Wildman–Crippen LogP) is 3.13. The molecule has 0 unspecified atom stereocenters. The Morgan fingerprint density at radius 1 is 1.12 bits per heavy atom. The molecule has 0 spiro atoms. The van der Waals surface area contributed by atoms with Crippen LogP contribution >= 0.6 is 11.8 Å². The van der Waals surface area contributed by atoms with Crippen LogP contribution in [0.15, 0.2) is 42.5 Å². The first-order valence-electron chi connectivity index (χ1n) is 8.01. The summed E-state index contributed by atoms with van der Waals surface area (Å²) < 4.78 is 18.9. The fourth-order valence-electron chi connectivity index (χ4n) is 2.11.